The van der Waals surface area contributed by atoms with Gasteiger partial charge < -0.3 is 18.9 Å². The van der Waals surface area contributed by atoms with Gasteiger partial charge in [-0.25, -0.2) is 0 Å². The number of ketones is 1. The summed E-state index contributed by atoms with van der Waals surface area (Å²) in [6.45, 7) is 6.97. The molecule has 0 heterocycles. The van der Waals surface area contributed by atoms with Crippen LogP contribution in [0, 0.1) is 22.7 Å². The summed E-state index contributed by atoms with van der Waals surface area (Å²) in [5.74, 6) is 2.27. The second-order valence-electron chi connectivity index (χ2n) is 10.5. The van der Waals surface area contributed by atoms with E-state index in [4.69, 9.17) is 18.9 Å². The van der Waals surface area contributed by atoms with E-state index in [1.165, 1.54) is 5.57 Å². The summed E-state index contributed by atoms with van der Waals surface area (Å²) < 4.78 is 23.4. The lowest BCUT2D eigenvalue weighted by molar-refractivity contribution is -0.162. The summed E-state index contributed by atoms with van der Waals surface area (Å²) in [4.78, 5) is 13.9. The van der Waals surface area contributed by atoms with E-state index in [0.29, 0.717) is 18.1 Å². The first-order valence-electron chi connectivity index (χ1n) is 12.0. The van der Waals surface area contributed by atoms with Gasteiger partial charge in [0, 0.05) is 24.9 Å². The molecule has 0 spiro atoms. The van der Waals surface area contributed by atoms with E-state index in [-0.39, 0.29) is 30.3 Å². The Kier molecular flexibility index (Phi) is 6.69. The molecule has 0 unspecified atom stereocenters. The largest absolute Gasteiger partial charge is 0.497 e. The van der Waals surface area contributed by atoms with Crippen LogP contribution < -0.4 is 9.47 Å². The Morgan fingerprint density at radius 1 is 1.03 bits per heavy atom. The number of rotatable bonds is 6. The molecular formula is C27H38O5. The zero-order valence-corrected chi connectivity index (χ0v) is 20.2. The van der Waals surface area contributed by atoms with Gasteiger partial charge in [0.2, 0.25) is 0 Å². The van der Waals surface area contributed by atoms with Crippen molar-refractivity contribution in [2.45, 2.75) is 71.5 Å². The number of allylic oxidation sites excluding steroid dienone is 1. The smallest absolute Gasteiger partial charge is 0.146 e. The number of methoxy groups -OCH3 is 2. The highest BCUT2D eigenvalue weighted by Gasteiger charge is 2.54. The molecule has 5 heteroatoms. The van der Waals surface area contributed by atoms with Gasteiger partial charge in [0.15, 0.2) is 0 Å². The van der Waals surface area contributed by atoms with Crippen molar-refractivity contribution in [3.63, 3.8) is 0 Å². The maximum atomic E-state index is 13.9. The Balaban J connectivity index is 1.78. The van der Waals surface area contributed by atoms with E-state index < -0.39 is 5.41 Å². The SMILES string of the molecule is COCO[C@H]1CCC[C@@]2(C)C(=O)C[C@H]3CC/C(=C/[C@H](Oc4ccc(OC)cc4)[C@@H]12)C3(C)C. The summed E-state index contributed by atoms with van der Waals surface area (Å²) in [6, 6.07) is 7.72. The molecule has 32 heavy (non-hydrogen) atoms. The van der Waals surface area contributed by atoms with Crippen molar-refractivity contribution in [3.8, 4) is 11.5 Å². The number of carbonyl (C=O) groups is 1. The zero-order valence-electron chi connectivity index (χ0n) is 20.2. The van der Waals surface area contributed by atoms with E-state index in [9.17, 15) is 4.79 Å². The van der Waals surface area contributed by atoms with E-state index in [1.54, 1.807) is 14.2 Å². The molecule has 0 saturated heterocycles. The molecule has 2 fully saturated rings. The molecule has 2 bridgehead atoms. The molecule has 2 saturated carbocycles. The van der Waals surface area contributed by atoms with Crippen molar-refractivity contribution in [3.05, 3.63) is 35.9 Å². The van der Waals surface area contributed by atoms with E-state index in [2.05, 4.69) is 26.8 Å². The second-order valence-corrected chi connectivity index (χ2v) is 10.5. The van der Waals surface area contributed by atoms with Crippen molar-refractivity contribution in [1.82, 2.24) is 0 Å². The minimum Gasteiger partial charge on any atom is -0.497 e. The molecule has 0 aliphatic heterocycles. The van der Waals surface area contributed by atoms with Crippen LogP contribution in [0.25, 0.3) is 0 Å². The maximum absolute atomic E-state index is 13.9. The third kappa shape index (κ3) is 4.22. The van der Waals surface area contributed by atoms with E-state index in [0.717, 1.165) is 43.6 Å². The van der Waals surface area contributed by atoms with Gasteiger partial charge in [-0.3, -0.25) is 4.79 Å². The highest BCUT2D eigenvalue weighted by molar-refractivity contribution is 5.85. The number of benzene rings is 1. The summed E-state index contributed by atoms with van der Waals surface area (Å²) in [6.07, 6.45) is 7.52. The Morgan fingerprint density at radius 2 is 1.75 bits per heavy atom. The normalized spacial score (nSPS) is 35.7. The fraction of sp³-hybridized carbons (Fsp3) is 0.667. The molecule has 176 valence electrons. The molecule has 1 aromatic carbocycles. The van der Waals surface area contributed by atoms with E-state index >= 15 is 0 Å². The number of fused-ring (bicyclic) bond motifs is 3. The van der Waals surface area contributed by atoms with Crippen molar-refractivity contribution in [1.29, 1.82) is 0 Å². The Labute approximate surface area is 192 Å². The number of hydrogen-bond donors (Lipinski definition) is 0. The summed E-state index contributed by atoms with van der Waals surface area (Å²) in [5, 5.41) is 0. The Morgan fingerprint density at radius 3 is 2.44 bits per heavy atom. The van der Waals surface area contributed by atoms with Crippen LogP contribution in [-0.4, -0.2) is 39.0 Å². The second kappa shape index (κ2) is 9.18. The lowest BCUT2D eigenvalue weighted by atomic mass is 9.60. The van der Waals surface area contributed by atoms with Crippen molar-refractivity contribution in [2.75, 3.05) is 21.0 Å². The van der Waals surface area contributed by atoms with Crippen LogP contribution in [-0.2, 0) is 14.3 Å². The average Bonchev–Trinajstić information content (AvgIpc) is 3.05. The van der Waals surface area contributed by atoms with Gasteiger partial charge in [-0.15, -0.1) is 0 Å². The first-order chi connectivity index (χ1) is 15.3. The zero-order chi connectivity index (χ0) is 22.9. The van der Waals surface area contributed by atoms with Gasteiger partial charge in [0.25, 0.3) is 0 Å². The molecule has 1 aromatic rings. The Hall–Kier alpha value is -1.85. The molecule has 0 radical (unpaired) electrons. The molecule has 5 atom stereocenters. The van der Waals surface area contributed by atoms with Crippen LogP contribution in [0.1, 0.15) is 59.3 Å². The fourth-order valence-corrected chi connectivity index (χ4v) is 6.28. The van der Waals surface area contributed by atoms with Gasteiger partial charge in [0.1, 0.15) is 30.2 Å². The average molecular weight is 443 g/mol. The summed E-state index contributed by atoms with van der Waals surface area (Å²) in [5.41, 5.74) is 0.934. The van der Waals surface area contributed by atoms with Crippen LogP contribution in [0.15, 0.2) is 35.9 Å². The molecule has 0 N–H and O–H groups in total. The summed E-state index contributed by atoms with van der Waals surface area (Å²) in [7, 11) is 3.30. The first-order valence-corrected chi connectivity index (χ1v) is 12.0. The van der Waals surface area contributed by atoms with Crippen molar-refractivity contribution < 1.29 is 23.7 Å². The van der Waals surface area contributed by atoms with Crippen LogP contribution in [0.2, 0.25) is 0 Å². The van der Waals surface area contributed by atoms with Crippen LogP contribution in [0.4, 0.5) is 0 Å². The highest BCUT2D eigenvalue weighted by atomic mass is 16.7. The Bertz CT molecular complexity index is 842. The van der Waals surface area contributed by atoms with Gasteiger partial charge >= 0.3 is 0 Å². The van der Waals surface area contributed by atoms with Gasteiger partial charge in [-0.2, -0.15) is 0 Å². The lowest BCUT2D eigenvalue weighted by Crippen LogP contribution is -2.53. The first kappa shape index (κ1) is 23.3. The lowest BCUT2D eigenvalue weighted by Gasteiger charge is -2.47. The van der Waals surface area contributed by atoms with Gasteiger partial charge in [0.05, 0.1) is 13.2 Å². The minimum atomic E-state index is -0.481. The standard InChI is InChI=1S/C27H38O5/c1-26(2)18-8-9-19(26)16-24(28)27(3)14-6-7-22(31-17-29-4)25(27)23(15-18)32-21-12-10-20(30-5)11-13-21/h10-13,15,19,22-23,25H,6-9,14,16-17H2,1-5H3/b18-15-/t19-,22+,23+,25-,27+/m1/s1. The molecule has 0 aromatic heterocycles. The molecule has 5 nitrogen and oxygen atoms in total. The minimum absolute atomic E-state index is 0.00388. The van der Waals surface area contributed by atoms with Crippen LogP contribution in [0.5, 0.6) is 11.5 Å². The third-order valence-corrected chi connectivity index (χ3v) is 8.45. The third-order valence-electron chi connectivity index (χ3n) is 8.45. The molecular weight excluding hydrogens is 404 g/mol. The quantitative estimate of drug-likeness (QED) is 0.426. The predicted molar refractivity (Wildman–Crippen MR) is 124 cm³/mol. The highest BCUT2D eigenvalue weighted by Crippen LogP contribution is 2.55. The maximum Gasteiger partial charge on any atom is 0.146 e. The topological polar surface area (TPSA) is 54.0 Å². The monoisotopic (exact) mass is 442 g/mol. The number of hydrogen-bond acceptors (Lipinski definition) is 5. The number of ether oxygens (including phenoxy) is 4. The molecule has 4 rings (SSSR count). The van der Waals surface area contributed by atoms with Gasteiger partial charge in [-0.1, -0.05) is 26.3 Å². The number of Topliss-reactive ketones (excluding diaryl/α,β-unsaturated/α-hetero) is 1. The van der Waals surface area contributed by atoms with Crippen LogP contribution in [0.3, 0.4) is 0 Å². The predicted octanol–water partition coefficient (Wildman–Crippen LogP) is 5.57. The molecule has 3 aliphatic carbocycles. The summed E-state index contributed by atoms with van der Waals surface area (Å²) >= 11 is 0. The fourth-order valence-electron chi connectivity index (χ4n) is 6.28. The van der Waals surface area contributed by atoms with Crippen LogP contribution >= 0.6 is 0 Å². The van der Waals surface area contributed by atoms with E-state index in [1.807, 2.05) is 24.3 Å². The molecule has 3 aliphatic rings. The van der Waals surface area contributed by atoms with Crippen molar-refractivity contribution in [2.24, 2.45) is 22.7 Å². The number of carbonyl (C=O) groups excluding carboxylic acids is 1. The van der Waals surface area contributed by atoms with Crippen molar-refractivity contribution >= 4 is 5.78 Å². The van der Waals surface area contributed by atoms with Gasteiger partial charge in [-0.05, 0) is 73.8 Å². The molecule has 0 amide bonds.